The molecule has 0 fully saturated rings. The lowest BCUT2D eigenvalue weighted by Crippen LogP contribution is -2.30. The lowest BCUT2D eigenvalue weighted by Gasteiger charge is -2.15. The van der Waals surface area contributed by atoms with Crippen molar-refractivity contribution < 1.29 is 14.6 Å². The molecule has 0 saturated heterocycles. The van der Waals surface area contributed by atoms with Gasteiger partial charge in [-0.25, -0.2) is 0 Å². The Bertz CT molecular complexity index is 622. The molecule has 0 aliphatic carbocycles. The van der Waals surface area contributed by atoms with Crippen LogP contribution >= 0.6 is 0 Å². The molecule has 2 rings (SSSR count). The zero-order valence-electron chi connectivity index (χ0n) is 12.9. The zero-order chi connectivity index (χ0) is 15.9. The summed E-state index contributed by atoms with van der Waals surface area (Å²) >= 11 is 0. The first kappa shape index (κ1) is 16.0. The second-order valence-corrected chi connectivity index (χ2v) is 5.11. The van der Waals surface area contributed by atoms with E-state index >= 15 is 0 Å². The number of ether oxygens (including phenoxy) is 1. The van der Waals surface area contributed by atoms with Crippen LogP contribution in [0, 0.1) is 0 Å². The monoisotopic (exact) mass is 299 g/mol. The molecule has 1 atom stereocenters. The van der Waals surface area contributed by atoms with Gasteiger partial charge in [0.1, 0.15) is 5.75 Å². The third-order valence-corrected chi connectivity index (χ3v) is 3.39. The van der Waals surface area contributed by atoms with Gasteiger partial charge in [0, 0.05) is 5.69 Å². The Labute approximate surface area is 130 Å². The molecule has 4 heteroatoms. The smallest absolute Gasteiger partial charge is 0.265 e. The molecule has 0 heterocycles. The molecule has 0 bridgehead atoms. The number of hydrogen-bond acceptors (Lipinski definition) is 3. The van der Waals surface area contributed by atoms with Crippen LogP contribution in [0.2, 0.25) is 0 Å². The van der Waals surface area contributed by atoms with Crippen molar-refractivity contribution >= 4 is 11.6 Å². The van der Waals surface area contributed by atoms with Gasteiger partial charge in [0.15, 0.2) is 6.10 Å². The number of nitrogens with one attached hydrogen (secondary N) is 1. The van der Waals surface area contributed by atoms with Gasteiger partial charge in [-0.2, -0.15) is 0 Å². The van der Waals surface area contributed by atoms with Gasteiger partial charge in [-0.15, -0.1) is 0 Å². The Morgan fingerprint density at radius 3 is 2.55 bits per heavy atom. The number of carbonyl (C=O) groups excluding carboxylic acids is 1. The third kappa shape index (κ3) is 4.33. The highest BCUT2D eigenvalue weighted by molar-refractivity contribution is 5.94. The highest BCUT2D eigenvalue weighted by Gasteiger charge is 2.15. The number of aliphatic hydroxyl groups excluding tert-OH is 1. The standard InChI is InChI=1S/C18H21NO3/c1-3-14-7-9-16(10-8-14)19-18(21)13(2)22-17-6-4-5-15(11-17)12-20/h4-11,13,20H,3,12H2,1-2H3,(H,19,21). The lowest BCUT2D eigenvalue weighted by molar-refractivity contribution is -0.122. The molecule has 2 aromatic carbocycles. The van der Waals surface area contributed by atoms with E-state index < -0.39 is 6.10 Å². The molecule has 0 aliphatic heterocycles. The minimum absolute atomic E-state index is 0.0540. The van der Waals surface area contributed by atoms with E-state index in [4.69, 9.17) is 9.84 Å². The van der Waals surface area contributed by atoms with Gasteiger partial charge in [0.05, 0.1) is 6.61 Å². The average Bonchev–Trinajstić information content (AvgIpc) is 2.55. The van der Waals surface area contributed by atoms with Gasteiger partial charge < -0.3 is 15.2 Å². The summed E-state index contributed by atoms with van der Waals surface area (Å²) in [5, 5.41) is 11.9. The fourth-order valence-corrected chi connectivity index (χ4v) is 2.04. The molecule has 116 valence electrons. The number of aryl methyl sites for hydroxylation is 1. The molecule has 0 spiro atoms. The SMILES string of the molecule is CCc1ccc(NC(=O)C(C)Oc2cccc(CO)c2)cc1. The van der Waals surface area contributed by atoms with Crippen LogP contribution in [0.4, 0.5) is 5.69 Å². The number of amides is 1. The Hall–Kier alpha value is -2.33. The topological polar surface area (TPSA) is 58.6 Å². The second kappa shape index (κ2) is 7.61. The van der Waals surface area contributed by atoms with Gasteiger partial charge in [-0.3, -0.25) is 4.79 Å². The molecule has 2 N–H and O–H groups in total. The highest BCUT2D eigenvalue weighted by Crippen LogP contribution is 2.16. The number of hydrogen-bond donors (Lipinski definition) is 2. The summed E-state index contributed by atoms with van der Waals surface area (Å²) in [6.45, 7) is 3.73. The van der Waals surface area contributed by atoms with E-state index in [1.54, 1.807) is 31.2 Å². The number of rotatable bonds is 6. The van der Waals surface area contributed by atoms with Crippen molar-refractivity contribution in [1.29, 1.82) is 0 Å². The summed E-state index contributed by atoms with van der Waals surface area (Å²) in [6, 6.07) is 14.8. The van der Waals surface area contributed by atoms with Gasteiger partial charge in [0.2, 0.25) is 0 Å². The van der Waals surface area contributed by atoms with Crippen molar-refractivity contribution in [3.63, 3.8) is 0 Å². The number of carbonyl (C=O) groups is 1. The Balaban J connectivity index is 1.96. The second-order valence-electron chi connectivity index (χ2n) is 5.11. The maximum atomic E-state index is 12.1. The van der Waals surface area contributed by atoms with E-state index in [1.165, 1.54) is 5.56 Å². The maximum absolute atomic E-state index is 12.1. The normalized spacial score (nSPS) is 11.8. The molecule has 0 aliphatic rings. The quantitative estimate of drug-likeness (QED) is 0.861. The van der Waals surface area contributed by atoms with Crippen LogP contribution in [0.25, 0.3) is 0 Å². The van der Waals surface area contributed by atoms with Crippen LogP contribution in [0.1, 0.15) is 25.0 Å². The van der Waals surface area contributed by atoms with Crippen molar-refractivity contribution in [2.45, 2.75) is 33.0 Å². The van der Waals surface area contributed by atoms with E-state index in [0.717, 1.165) is 17.7 Å². The fraction of sp³-hybridized carbons (Fsp3) is 0.278. The van der Waals surface area contributed by atoms with E-state index in [-0.39, 0.29) is 12.5 Å². The molecule has 0 radical (unpaired) electrons. The molecule has 1 amide bonds. The van der Waals surface area contributed by atoms with Gasteiger partial charge in [-0.1, -0.05) is 31.2 Å². The average molecular weight is 299 g/mol. The molecule has 0 aromatic heterocycles. The van der Waals surface area contributed by atoms with Crippen LogP contribution < -0.4 is 10.1 Å². The zero-order valence-corrected chi connectivity index (χ0v) is 12.9. The first-order valence-electron chi connectivity index (χ1n) is 7.38. The summed E-state index contributed by atoms with van der Waals surface area (Å²) in [5.74, 6) is 0.356. The van der Waals surface area contributed by atoms with Crippen LogP contribution in [-0.2, 0) is 17.8 Å². The highest BCUT2D eigenvalue weighted by atomic mass is 16.5. The first-order chi connectivity index (χ1) is 10.6. The first-order valence-corrected chi connectivity index (χ1v) is 7.38. The summed E-state index contributed by atoms with van der Waals surface area (Å²) in [5.41, 5.74) is 2.73. The minimum atomic E-state index is -0.625. The van der Waals surface area contributed by atoms with Gasteiger partial charge in [-0.05, 0) is 48.7 Å². The summed E-state index contributed by atoms with van der Waals surface area (Å²) in [7, 11) is 0. The molecule has 0 saturated carbocycles. The molecule has 22 heavy (non-hydrogen) atoms. The summed E-state index contributed by atoms with van der Waals surface area (Å²) < 4.78 is 5.61. The molecular weight excluding hydrogens is 278 g/mol. The summed E-state index contributed by atoms with van der Waals surface area (Å²) in [4.78, 5) is 12.1. The Morgan fingerprint density at radius 2 is 1.91 bits per heavy atom. The lowest BCUT2D eigenvalue weighted by atomic mass is 10.1. The van der Waals surface area contributed by atoms with Crippen molar-refractivity contribution in [2.24, 2.45) is 0 Å². The van der Waals surface area contributed by atoms with E-state index in [2.05, 4.69) is 12.2 Å². The minimum Gasteiger partial charge on any atom is -0.481 e. The number of benzene rings is 2. The predicted molar refractivity (Wildman–Crippen MR) is 86.9 cm³/mol. The predicted octanol–water partition coefficient (Wildman–Crippen LogP) is 3.15. The van der Waals surface area contributed by atoms with Crippen LogP contribution in [0.15, 0.2) is 48.5 Å². The van der Waals surface area contributed by atoms with Crippen LogP contribution in [0.3, 0.4) is 0 Å². The van der Waals surface area contributed by atoms with Crippen molar-refractivity contribution in [3.05, 3.63) is 59.7 Å². The van der Waals surface area contributed by atoms with Crippen LogP contribution in [-0.4, -0.2) is 17.1 Å². The number of anilines is 1. The van der Waals surface area contributed by atoms with Crippen molar-refractivity contribution in [3.8, 4) is 5.75 Å². The number of aliphatic hydroxyl groups is 1. The Kier molecular flexibility index (Phi) is 5.55. The van der Waals surface area contributed by atoms with Gasteiger partial charge >= 0.3 is 0 Å². The molecular formula is C18H21NO3. The van der Waals surface area contributed by atoms with Crippen molar-refractivity contribution in [2.75, 3.05) is 5.32 Å². The van der Waals surface area contributed by atoms with Crippen LogP contribution in [0.5, 0.6) is 5.75 Å². The third-order valence-electron chi connectivity index (χ3n) is 3.39. The van der Waals surface area contributed by atoms with E-state index in [0.29, 0.717) is 5.75 Å². The van der Waals surface area contributed by atoms with E-state index in [1.807, 2.05) is 24.3 Å². The largest absolute Gasteiger partial charge is 0.481 e. The molecule has 1 unspecified atom stereocenters. The molecule has 4 nitrogen and oxygen atoms in total. The fourth-order valence-electron chi connectivity index (χ4n) is 2.04. The van der Waals surface area contributed by atoms with Crippen molar-refractivity contribution in [1.82, 2.24) is 0 Å². The summed E-state index contributed by atoms with van der Waals surface area (Å²) in [6.07, 6.45) is 0.342. The maximum Gasteiger partial charge on any atom is 0.265 e. The Morgan fingerprint density at radius 1 is 1.18 bits per heavy atom. The van der Waals surface area contributed by atoms with E-state index in [9.17, 15) is 4.79 Å². The van der Waals surface area contributed by atoms with Gasteiger partial charge in [0.25, 0.3) is 5.91 Å². The molecule has 2 aromatic rings.